The molecule has 17 heavy (non-hydrogen) atoms. The first-order valence-electron chi connectivity index (χ1n) is 5.27. The lowest BCUT2D eigenvalue weighted by atomic mass is 10.1. The van der Waals surface area contributed by atoms with E-state index in [1.807, 2.05) is 32.9 Å². The Balaban J connectivity index is 2.44. The van der Waals surface area contributed by atoms with Gasteiger partial charge in [0.2, 0.25) is 0 Å². The Morgan fingerprint density at radius 1 is 1.35 bits per heavy atom. The zero-order valence-electron chi connectivity index (χ0n) is 9.99. The predicted octanol–water partition coefficient (Wildman–Crippen LogP) is 2.89. The topological polar surface area (TPSA) is 64.9 Å². The molecule has 0 bridgehead atoms. The maximum Gasteiger partial charge on any atom is 0.258 e. The summed E-state index contributed by atoms with van der Waals surface area (Å²) in [6, 6.07) is 5.51. The van der Waals surface area contributed by atoms with Crippen molar-refractivity contribution in [3.05, 3.63) is 34.6 Å². The number of nitrogens with two attached hydrogens (primary N) is 1. The van der Waals surface area contributed by atoms with E-state index in [2.05, 4.69) is 10.1 Å². The smallest absolute Gasteiger partial charge is 0.258 e. The summed E-state index contributed by atoms with van der Waals surface area (Å²) in [7, 11) is 0. The van der Waals surface area contributed by atoms with E-state index >= 15 is 0 Å². The monoisotopic (exact) mass is 251 g/mol. The van der Waals surface area contributed by atoms with Crippen LogP contribution in [0.25, 0.3) is 11.5 Å². The number of nitrogens with zero attached hydrogens (tertiary/aromatic N) is 2. The van der Waals surface area contributed by atoms with Crippen LogP contribution < -0.4 is 5.73 Å². The van der Waals surface area contributed by atoms with E-state index < -0.39 is 5.54 Å². The Kier molecular flexibility index (Phi) is 2.93. The summed E-state index contributed by atoms with van der Waals surface area (Å²) in [6.45, 7) is 5.60. The van der Waals surface area contributed by atoms with Gasteiger partial charge in [0.05, 0.1) is 5.54 Å². The molecule has 0 spiro atoms. The number of halogens is 1. The highest BCUT2D eigenvalue weighted by atomic mass is 35.5. The first-order valence-corrected chi connectivity index (χ1v) is 5.65. The van der Waals surface area contributed by atoms with Gasteiger partial charge >= 0.3 is 0 Å². The fourth-order valence-electron chi connectivity index (χ4n) is 1.46. The third-order valence-electron chi connectivity index (χ3n) is 2.42. The standard InChI is InChI=1S/C12H14ClN3O/c1-7-6-8(13)4-5-9(7)10-15-11(16-17-10)12(2,3)14/h4-6H,14H2,1-3H3. The molecule has 0 saturated carbocycles. The van der Waals surface area contributed by atoms with E-state index in [1.165, 1.54) is 0 Å². The van der Waals surface area contributed by atoms with Crippen LogP contribution in [-0.4, -0.2) is 10.1 Å². The molecule has 0 radical (unpaired) electrons. The molecule has 1 aromatic heterocycles. The molecular weight excluding hydrogens is 238 g/mol. The van der Waals surface area contributed by atoms with Crippen LogP contribution in [-0.2, 0) is 5.54 Å². The van der Waals surface area contributed by atoms with Crippen LogP contribution in [0, 0.1) is 6.92 Å². The maximum atomic E-state index is 5.90. The van der Waals surface area contributed by atoms with Gasteiger partial charge in [-0.1, -0.05) is 16.8 Å². The minimum Gasteiger partial charge on any atom is -0.334 e. The molecule has 0 amide bonds. The van der Waals surface area contributed by atoms with Gasteiger partial charge in [-0.3, -0.25) is 0 Å². The molecule has 0 aliphatic carbocycles. The van der Waals surface area contributed by atoms with Crippen LogP contribution in [0.3, 0.4) is 0 Å². The molecule has 0 atom stereocenters. The highest BCUT2D eigenvalue weighted by Gasteiger charge is 2.22. The van der Waals surface area contributed by atoms with Gasteiger partial charge in [-0.25, -0.2) is 0 Å². The van der Waals surface area contributed by atoms with Gasteiger partial charge in [0.1, 0.15) is 0 Å². The van der Waals surface area contributed by atoms with Gasteiger partial charge in [0.25, 0.3) is 5.89 Å². The zero-order valence-corrected chi connectivity index (χ0v) is 10.7. The lowest BCUT2D eigenvalue weighted by Crippen LogP contribution is -2.30. The number of benzene rings is 1. The average Bonchev–Trinajstić information content (AvgIpc) is 2.65. The quantitative estimate of drug-likeness (QED) is 0.891. The lowest BCUT2D eigenvalue weighted by molar-refractivity contribution is 0.397. The molecule has 2 N–H and O–H groups in total. The van der Waals surface area contributed by atoms with Gasteiger partial charge in [-0.15, -0.1) is 0 Å². The second kappa shape index (κ2) is 4.13. The van der Waals surface area contributed by atoms with Gasteiger partial charge in [0, 0.05) is 10.6 Å². The van der Waals surface area contributed by atoms with Crippen molar-refractivity contribution in [1.82, 2.24) is 10.1 Å². The highest BCUT2D eigenvalue weighted by Crippen LogP contribution is 2.26. The molecule has 90 valence electrons. The molecule has 0 aliphatic heterocycles. The molecule has 0 unspecified atom stereocenters. The van der Waals surface area contributed by atoms with Crippen molar-refractivity contribution in [3.63, 3.8) is 0 Å². The molecule has 0 fully saturated rings. The normalized spacial score (nSPS) is 11.8. The summed E-state index contributed by atoms with van der Waals surface area (Å²) >= 11 is 5.90. The Hall–Kier alpha value is -1.39. The second-order valence-electron chi connectivity index (χ2n) is 4.60. The van der Waals surface area contributed by atoms with E-state index in [9.17, 15) is 0 Å². The Labute approximate surface area is 105 Å². The molecule has 4 nitrogen and oxygen atoms in total. The van der Waals surface area contributed by atoms with Crippen LogP contribution in [0.5, 0.6) is 0 Å². The van der Waals surface area contributed by atoms with Crippen LogP contribution in [0.15, 0.2) is 22.7 Å². The molecule has 2 aromatic rings. The van der Waals surface area contributed by atoms with Gasteiger partial charge in [0.15, 0.2) is 5.82 Å². The zero-order chi connectivity index (χ0) is 12.6. The average molecular weight is 252 g/mol. The number of hydrogen-bond acceptors (Lipinski definition) is 4. The maximum absolute atomic E-state index is 5.90. The minimum absolute atomic E-state index is 0.465. The van der Waals surface area contributed by atoms with E-state index in [1.54, 1.807) is 6.07 Å². The van der Waals surface area contributed by atoms with Gasteiger partial charge < -0.3 is 10.3 Å². The van der Waals surface area contributed by atoms with Crippen LogP contribution in [0.1, 0.15) is 25.2 Å². The van der Waals surface area contributed by atoms with E-state index in [-0.39, 0.29) is 0 Å². The number of hydrogen-bond donors (Lipinski definition) is 1. The highest BCUT2D eigenvalue weighted by molar-refractivity contribution is 6.30. The molecule has 1 heterocycles. The predicted molar refractivity (Wildman–Crippen MR) is 66.7 cm³/mol. The molecule has 0 aliphatic rings. The Morgan fingerprint density at radius 3 is 2.59 bits per heavy atom. The third kappa shape index (κ3) is 2.48. The van der Waals surface area contributed by atoms with Crippen molar-refractivity contribution < 1.29 is 4.52 Å². The number of aromatic nitrogens is 2. The fraction of sp³-hybridized carbons (Fsp3) is 0.333. The Bertz CT molecular complexity index is 543. The van der Waals surface area contributed by atoms with Crippen LogP contribution in [0.4, 0.5) is 0 Å². The number of rotatable bonds is 2. The fourth-order valence-corrected chi connectivity index (χ4v) is 1.69. The summed E-state index contributed by atoms with van der Waals surface area (Å²) in [6.07, 6.45) is 0. The van der Waals surface area contributed by atoms with E-state index in [0.717, 1.165) is 11.1 Å². The summed E-state index contributed by atoms with van der Waals surface area (Å²) in [5.74, 6) is 0.953. The Morgan fingerprint density at radius 2 is 2.06 bits per heavy atom. The summed E-state index contributed by atoms with van der Waals surface area (Å²) in [4.78, 5) is 4.30. The summed E-state index contributed by atoms with van der Waals surface area (Å²) in [5, 5.41) is 4.57. The second-order valence-corrected chi connectivity index (χ2v) is 5.04. The van der Waals surface area contributed by atoms with Gasteiger partial charge in [-0.05, 0) is 44.5 Å². The van der Waals surface area contributed by atoms with Crippen molar-refractivity contribution in [2.75, 3.05) is 0 Å². The van der Waals surface area contributed by atoms with E-state index in [4.69, 9.17) is 21.9 Å². The lowest BCUT2D eigenvalue weighted by Gasteiger charge is -2.11. The van der Waals surface area contributed by atoms with Crippen LogP contribution in [0.2, 0.25) is 5.02 Å². The van der Waals surface area contributed by atoms with Crippen LogP contribution >= 0.6 is 11.6 Å². The first kappa shape index (κ1) is 12.1. The molecule has 0 saturated heterocycles. The van der Waals surface area contributed by atoms with Crippen molar-refractivity contribution in [2.45, 2.75) is 26.3 Å². The molecule has 2 rings (SSSR count). The summed E-state index contributed by atoms with van der Waals surface area (Å²) < 4.78 is 5.21. The largest absolute Gasteiger partial charge is 0.334 e. The molecular formula is C12H14ClN3O. The molecule has 5 heteroatoms. The van der Waals surface area contributed by atoms with Crippen molar-refractivity contribution in [3.8, 4) is 11.5 Å². The number of aryl methyl sites for hydroxylation is 1. The SMILES string of the molecule is Cc1cc(Cl)ccc1-c1nc(C(C)(C)N)no1. The summed E-state index contributed by atoms with van der Waals surface area (Å²) in [5.41, 5.74) is 7.16. The van der Waals surface area contributed by atoms with Crippen molar-refractivity contribution in [1.29, 1.82) is 0 Å². The molecule has 1 aromatic carbocycles. The van der Waals surface area contributed by atoms with Crippen molar-refractivity contribution in [2.24, 2.45) is 5.73 Å². The minimum atomic E-state index is -0.609. The van der Waals surface area contributed by atoms with E-state index in [0.29, 0.717) is 16.7 Å². The van der Waals surface area contributed by atoms with Crippen molar-refractivity contribution >= 4 is 11.6 Å². The third-order valence-corrected chi connectivity index (χ3v) is 2.66. The van der Waals surface area contributed by atoms with Gasteiger partial charge in [-0.2, -0.15) is 4.98 Å². The first-order chi connectivity index (χ1) is 7.88.